The average Bonchev–Trinajstić information content (AvgIpc) is 2.46. The minimum Gasteiger partial charge on any atom is -0.481 e. The van der Waals surface area contributed by atoms with Gasteiger partial charge in [0.1, 0.15) is 5.41 Å². The summed E-state index contributed by atoms with van der Waals surface area (Å²) >= 11 is 6.00. The average molecular weight is 326 g/mol. The van der Waals surface area contributed by atoms with Crippen LogP contribution in [0.4, 0.5) is 0 Å². The van der Waals surface area contributed by atoms with Crippen molar-refractivity contribution in [3.05, 3.63) is 34.3 Å². The Morgan fingerprint density at radius 2 is 2.14 bits per heavy atom. The first kappa shape index (κ1) is 16.8. The van der Waals surface area contributed by atoms with E-state index in [1.54, 1.807) is 23.1 Å². The lowest BCUT2D eigenvalue weighted by Gasteiger charge is -2.39. The number of rotatable bonds is 4. The van der Waals surface area contributed by atoms with E-state index in [0.717, 1.165) is 5.56 Å². The lowest BCUT2D eigenvalue weighted by Crippen LogP contribution is -2.52. The molecule has 1 N–H and O–H groups in total. The fourth-order valence-electron chi connectivity index (χ4n) is 2.98. The molecule has 1 aliphatic heterocycles. The number of carboxylic acid groups (broad SMARTS) is 1. The zero-order chi connectivity index (χ0) is 16.3. The number of aryl methyl sites for hydroxylation is 1. The zero-order valence-electron chi connectivity index (χ0n) is 12.8. The van der Waals surface area contributed by atoms with Gasteiger partial charge in [0.15, 0.2) is 0 Å². The number of methoxy groups -OCH3 is 1. The smallest absolute Gasteiger partial charge is 0.313 e. The number of ether oxygens (including phenoxy) is 1. The molecular weight excluding hydrogens is 306 g/mol. The van der Waals surface area contributed by atoms with Crippen LogP contribution in [-0.2, 0) is 9.53 Å². The quantitative estimate of drug-likeness (QED) is 0.924. The van der Waals surface area contributed by atoms with Crippen molar-refractivity contribution < 1.29 is 19.4 Å². The molecule has 1 fully saturated rings. The molecule has 0 saturated carbocycles. The van der Waals surface area contributed by atoms with E-state index in [0.29, 0.717) is 30.0 Å². The maximum absolute atomic E-state index is 12.7. The van der Waals surface area contributed by atoms with Gasteiger partial charge < -0.3 is 14.7 Å². The third-order valence-electron chi connectivity index (χ3n) is 4.03. The van der Waals surface area contributed by atoms with Crippen molar-refractivity contribution in [2.75, 3.05) is 26.8 Å². The van der Waals surface area contributed by atoms with Gasteiger partial charge in [-0.3, -0.25) is 9.59 Å². The second-order valence-electron chi connectivity index (χ2n) is 5.87. The summed E-state index contributed by atoms with van der Waals surface area (Å²) in [4.78, 5) is 25.9. The SMILES string of the molecule is COCC1(C(=O)O)CCCN(C(=O)c2cc(C)cc(Cl)c2)C1. The van der Waals surface area contributed by atoms with Crippen LogP contribution in [0.15, 0.2) is 18.2 Å². The third-order valence-corrected chi connectivity index (χ3v) is 4.25. The van der Waals surface area contributed by atoms with Gasteiger partial charge in [0.2, 0.25) is 0 Å². The Hall–Kier alpha value is -1.59. The maximum Gasteiger partial charge on any atom is 0.313 e. The summed E-state index contributed by atoms with van der Waals surface area (Å²) in [5.41, 5.74) is 0.355. The number of amides is 1. The molecule has 0 radical (unpaired) electrons. The highest BCUT2D eigenvalue weighted by Gasteiger charge is 2.44. The van der Waals surface area contributed by atoms with Crippen LogP contribution in [0.25, 0.3) is 0 Å². The van der Waals surface area contributed by atoms with Crippen LogP contribution in [0.5, 0.6) is 0 Å². The molecule has 0 aromatic heterocycles. The molecule has 5 nitrogen and oxygen atoms in total. The minimum absolute atomic E-state index is 0.0979. The molecule has 1 amide bonds. The van der Waals surface area contributed by atoms with Gasteiger partial charge in [-0.25, -0.2) is 0 Å². The molecular formula is C16H20ClNO4. The number of carboxylic acids is 1. The standard InChI is InChI=1S/C16H20ClNO4/c1-11-6-12(8-13(17)7-11)14(19)18-5-3-4-16(9-18,10-22-2)15(20)21/h6-8H,3-5,9-10H2,1-2H3,(H,20,21). The van der Waals surface area contributed by atoms with Crippen molar-refractivity contribution in [3.63, 3.8) is 0 Å². The van der Waals surface area contributed by atoms with Crippen LogP contribution < -0.4 is 0 Å². The van der Waals surface area contributed by atoms with Crippen LogP contribution in [-0.4, -0.2) is 48.7 Å². The number of aliphatic carboxylic acids is 1. The molecule has 22 heavy (non-hydrogen) atoms. The number of piperidine rings is 1. The molecule has 0 aliphatic carbocycles. The van der Waals surface area contributed by atoms with Crippen LogP contribution in [0.1, 0.15) is 28.8 Å². The summed E-state index contributed by atoms with van der Waals surface area (Å²) in [6.45, 7) is 2.66. The molecule has 1 aromatic carbocycles. The highest BCUT2D eigenvalue weighted by atomic mass is 35.5. The van der Waals surface area contributed by atoms with Crippen LogP contribution in [0, 0.1) is 12.3 Å². The van der Waals surface area contributed by atoms with E-state index in [4.69, 9.17) is 16.3 Å². The third kappa shape index (κ3) is 3.42. The Labute approximate surface area is 134 Å². The first-order chi connectivity index (χ1) is 10.4. The minimum atomic E-state index is -1.03. The molecule has 6 heteroatoms. The Balaban J connectivity index is 2.24. The van der Waals surface area contributed by atoms with E-state index in [2.05, 4.69) is 0 Å². The first-order valence-corrected chi connectivity index (χ1v) is 7.54. The molecule has 1 aliphatic rings. The van der Waals surface area contributed by atoms with E-state index in [9.17, 15) is 14.7 Å². The van der Waals surface area contributed by atoms with Gasteiger partial charge in [-0.2, -0.15) is 0 Å². The lowest BCUT2D eigenvalue weighted by molar-refractivity contribution is -0.155. The summed E-state index contributed by atoms with van der Waals surface area (Å²) < 4.78 is 5.08. The molecule has 1 heterocycles. The fraction of sp³-hybridized carbons (Fsp3) is 0.500. The van der Waals surface area contributed by atoms with E-state index in [1.165, 1.54) is 7.11 Å². The van der Waals surface area contributed by atoms with Gasteiger partial charge >= 0.3 is 5.97 Å². The number of likely N-dealkylation sites (tertiary alicyclic amines) is 1. The fourth-order valence-corrected chi connectivity index (χ4v) is 3.27. The summed E-state index contributed by atoms with van der Waals surface area (Å²) in [7, 11) is 1.48. The monoisotopic (exact) mass is 325 g/mol. The lowest BCUT2D eigenvalue weighted by atomic mass is 9.80. The molecule has 1 aromatic rings. The van der Waals surface area contributed by atoms with E-state index in [-0.39, 0.29) is 19.1 Å². The Bertz CT molecular complexity index is 565. The normalized spacial score (nSPS) is 21.7. The van der Waals surface area contributed by atoms with Gasteiger partial charge in [-0.05, 0) is 43.5 Å². The first-order valence-electron chi connectivity index (χ1n) is 7.17. The topological polar surface area (TPSA) is 66.8 Å². The summed E-state index contributed by atoms with van der Waals surface area (Å²) in [6.07, 6.45) is 1.15. The van der Waals surface area contributed by atoms with E-state index >= 15 is 0 Å². The number of hydrogen-bond acceptors (Lipinski definition) is 3. The van der Waals surface area contributed by atoms with E-state index in [1.807, 2.05) is 6.92 Å². The number of nitrogens with zero attached hydrogens (tertiary/aromatic N) is 1. The highest BCUT2D eigenvalue weighted by Crippen LogP contribution is 2.32. The Kier molecular flexibility index (Phi) is 5.08. The maximum atomic E-state index is 12.7. The molecule has 120 valence electrons. The van der Waals surface area contributed by atoms with Crippen molar-refractivity contribution in [1.82, 2.24) is 4.90 Å². The van der Waals surface area contributed by atoms with Gasteiger partial charge in [-0.15, -0.1) is 0 Å². The highest BCUT2D eigenvalue weighted by molar-refractivity contribution is 6.31. The summed E-state index contributed by atoms with van der Waals surface area (Å²) in [5, 5.41) is 10.0. The summed E-state index contributed by atoms with van der Waals surface area (Å²) in [5.74, 6) is -1.11. The number of carbonyl (C=O) groups is 2. The molecule has 0 spiro atoms. The van der Waals surface area contributed by atoms with Crippen LogP contribution in [0.3, 0.4) is 0 Å². The second-order valence-corrected chi connectivity index (χ2v) is 6.30. The number of benzene rings is 1. The van der Waals surface area contributed by atoms with Crippen molar-refractivity contribution in [1.29, 1.82) is 0 Å². The molecule has 0 bridgehead atoms. The molecule has 1 unspecified atom stereocenters. The van der Waals surface area contributed by atoms with Crippen LogP contribution in [0.2, 0.25) is 5.02 Å². The van der Waals surface area contributed by atoms with Crippen molar-refractivity contribution in [2.45, 2.75) is 19.8 Å². The van der Waals surface area contributed by atoms with E-state index < -0.39 is 11.4 Å². The predicted molar refractivity (Wildman–Crippen MR) is 83.3 cm³/mol. The van der Waals surface area contributed by atoms with Crippen LogP contribution >= 0.6 is 11.6 Å². The number of carbonyl (C=O) groups excluding carboxylic acids is 1. The van der Waals surface area contributed by atoms with Gasteiger partial charge in [0, 0.05) is 30.8 Å². The Morgan fingerprint density at radius 1 is 1.41 bits per heavy atom. The van der Waals surface area contributed by atoms with Crippen molar-refractivity contribution in [2.24, 2.45) is 5.41 Å². The molecule has 2 rings (SSSR count). The summed E-state index contributed by atoms with van der Waals surface area (Å²) in [6, 6.07) is 5.16. The van der Waals surface area contributed by atoms with Gasteiger partial charge in [0.05, 0.1) is 6.61 Å². The van der Waals surface area contributed by atoms with Gasteiger partial charge in [0.25, 0.3) is 5.91 Å². The van der Waals surface area contributed by atoms with Crippen molar-refractivity contribution in [3.8, 4) is 0 Å². The molecule has 1 atom stereocenters. The second kappa shape index (κ2) is 6.67. The predicted octanol–water partition coefficient (Wildman–Crippen LogP) is 2.60. The number of halogens is 1. The number of hydrogen-bond donors (Lipinski definition) is 1. The molecule has 1 saturated heterocycles. The largest absolute Gasteiger partial charge is 0.481 e. The Morgan fingerprint density at radius 3 is 2.73 bits per heavy atom. The van der Waals surface area contributed by atoms with Crippen molar-refractivity contribution >= 4 is 23.5 Å². The zero-order valence-corrected chi connectivity index (χ0v) is 13.5. The van der Waals surface area contributed by atoms with Gasteiger partial charge in [-0.1, -0.05) is 11.6 Å².